The molecule has 0 spiro atoms. The molecule has 0 amide bonds. The van der Waals surface area contributed by atoms with Crippen molar-refractivity contribution < 1.29 is 14.6 Å². The van der Waals surface area contributed by atoms with Crippen LogP contribution in [-0.2, 0) is 12.8 Å². The fraction of sp³-hybridized carbons (Fsp3) is 0.294. The lowest BCUT2D eigenvalue weighted by atomic mass is 10.0. The van der Waals surface area contributed by atoms with Crippen LogP contribution in [0.1, 0.15) is 11.1 Å². The normalized spacial score (nSPS) is 12.0. The molecule has 1 unspecified atom stereocenters. The summed E-state index contributed by atoms with van der Waals surface area (Å²) in [4.78, 5) is 0. The second-order valence-electron chi connectivity index (χ2n) is 4.87. The molecule has 0 aliphatic rings. The minimum atomic E-state index is -0.443. The number of ether oxygens (including phenoxy) is 2. The van der Waals surface area contributed by atoms with Crippen LogP contribution in [0, 0.1) is 0 Å². The van der Waals surface area contributed by atoms with Gasteiger partial charge in [0.05, 0.1) is 20.3 Å². The van der Waals surface area contributed by atoms with Crippen molar-refractivity contribution in [2.75, 3.05) is 14.2 Å². The minimum Gasteiger partial charge on any atom is -0.497 e. The fourth-order valence-corrected chi connectivity index (χ4v) is 2.60. The predicted octanol–water partition coefficient (Wildman–Crippen LogP) is 3.61. The number of aliphatic hydroxyl groups is 1. The summed E-state index contributed by atoms with van der Waals surface area (Å²) >= 11 is 3.51. The van der Waals surface area contributed by atoms with Gasteiger partial charge in [-0.1, -0.05) is 28.1 Å². The maximum absolute atomic E-state index is 10.3. The molecular formula is C17H19BrO3. The molecule has 2 rings (SSSR count). The van der Waals surface area contributed by atoms with Gasteiger partial charge >= 0.3 is 0 Å². The predicted molar refractivity (Wildman–Crippen MR) is 87.1 cm³/mol. The Hall–Kier alpha value is -1.52. The van der Waals surface area contributed by atoms with Crippen molar-refractivity contribution in [3.63, 3.8) is 0 Å². The Bertz CT molecular complexity index is 581. The van der Waals surface area contributed by atoms with Crippen LogP contribution in [0.25, 0.3) is 0 Å². The van der Waals surface area contributed by atoms with Gasteiger partial charge in [-0.15, -0.1) is 0 Å². The van der Waals surface area contributed by atoms with Crippen molar-refractivity contribution in [1.82, 2.24) is 0 Å². The highest BCUT2D eigenvalue weighted by molar-refractivity contribution is 9.10. The molecule has 4 heteroatoms. The highest BCUT2D eigenvalue weighted by atomic mass is 79.9. The average Bonchev–Trinajstić information content (AvgIpc) is 2.50. The molecule has 0 heterocycles. The first-order chi connectivity index (χ1) is 10.1. The molecule has 0 saturated heterocycles. The van der Waals surface area contributed by atoms with Gasteiger partial charge in [-0.25, -0.2) is 0 Å². The maximum atomic E-state index is 10.3. The van der Waals surface area contributed by atoms with Crippen molar-refractivity contribution in [1.29, 1.82) is 0 Å². The first kappa shape index (κ1) is 15.9. The molecule has 0 saturated carbocycles. The molecule has 0 radical (unpaired) electrons. The molecule has 3 nitrogen and oxygen atoms in total. The Kier molecular flexibility index (Phi) is 5.65. The van der Waals surface area contributed by atoms with Gasteiger partial charge in [0.15, 0.2) is 0 Å². The number of halogens is 1. The average molecular weight is 351 g/mol. The van der Waals surface area contributed by atoms with Gasteiger partial charge < -0.3 is 14.6 Å². The molecule has 0 fully saturated rings. The first-order valence-electron chi connectivity index (χ1n) is 6.75. The number of benzene rings is 2. The Balaban J connectivity index is 2.02. The first-order valence-corrected chi connectivity index (χ1v) is 7.55. The monoisotopic (exact) mass is 350 g/mol. The number of methoxy groups -OCH3 is 2. The number of rotatable bonds is 6. The van der Waals surface area contributed by atoms with Crippen molar-refractivity contribution in [3.05, 3.63) is 58.1 Å². The van der Waals surface area contributed by atoms with E-state index in [1.807, 2.05) is 42.5 Å². The van der Waals surface area contributed by atoms with Crippen LogP contribution in [-0.4, -0.2) is 25.4 Å². The van der Waals surface area contributed by atoms with Crippen LogP contribution in [0.15, 0.2) is 46.9 Å². The lowest BCUT2D eigenvalue weighted by Gasteiger charge is -2.13. The van der Waals surface area contributed by atoms with Gasteiger partial charge in [0.25, 0.3) is 0 Å². The summed E-state index contributed by atoms with van der Waals surface area (Å²) < 4.78 is 11.3. The summed E-state index contributed by atoms with van der Waals surface area (Å²) in [5.41, 5.74) is 2.12. The van der Waals surface area contributed by atoms with E-state index in [9.17, 15) is 5.11 Å². The maximum Gasteiger partial charge on any atom is 0.119 e. The van der Waals surface area contributed by atoms with E-state index in [0.717, 1.165) is 27.1 Å². The number of hydrogen-bond donors (Lipinski definition) is 1. The fourth-order valence-electron chi connectivity index (χ4n) is 2.19. The van der Waals surface area contributed by atoms with Crippen molar-refractivity contribution >= 4 is 15.9 Å². The van der Waals surface area contributed by atoms with Crippen molar-refractivity contribution in [3.8, 4) is 11.5 Å². The third kappa shape index (κ3) is 4.48. The molecule has 112 valence electrons. The van der Waals surface area contributed by atoms with E-state index in [0.29, 0.717) is 12.8 Å². The van der Waals surface area contributed by atoms with Crippen LogP contribution in [0.3, 0.4) is 0 Å². The van der Waals surface area contributed by atoms with Crippen LogP contribution in [0.5, 0.6) is 11.5 Å². The molecule has 0 bridgehead atoms. The van der Waals surface area contributed by atoms with Crippen molar-refractivity contribution in [2.24, 2.45) is 0 Å². The highest BCUT2D eigenvalue weighted by Crippen LogP contribution is 2.24. The minimum absolute atomic E-state index is 0.443. The van der Waals surface area contributed by atoms with Crippen LogP contribution in [0.2, 0.25) is 0 Å². The van der Waals surface area contributed by atoms with E-state index in [4.69, 9.17) is 9.47 Å². The smallest absolute Gasteiger partial charge is 0.119 e. The molecule has 21 heavy (non-hydrogen) atoms. The zero-order valence-corrected chi connectivity index (χ0v) is 13.8. The topological polar surface area (TPSA) is 38.7 Å². The van der Waals surface area contributed by atoms with Crippen molar-refractivity contribution in [2.45, 2.75) is 18.9 Å². The van der Waals surface area contributed by atoms with E-state index in [1.165, 1.54) is 0 Å². The molecular weight excluding hydrogens is 332 g/mol. The molecule has 0 aromatic heterocycles. The summed E-state index contributed by atoms with van der Waals surface area (Å²) in [6, 6.07) is 13.5. The summed E-state index contributed by atoms with van der Waals surface area (Å²) in [5.74, 6) is 1.62. The SMILES string of the molecule is COc1ccc(CC(O)Cc2cc(OC)ccc2Br)cc1. The number of aliphatic hydroxyl groups excluding tert-OH is 1. The van der Waals surface area contributed by atoms with Crippen LogP contribution < -0.4 is 9.47 Å². The van der Waals surface area contributed by atoms with E-state index in [-0.39, 0.29) is 0 Å². The Morgan fingerprint density at radius 2 is 1.57 bits per heavy atom. The second kappa shape index (κ2) is 7.48. The third-order valence-electron chi connectivity index (χ3n) is 3.34. The largest absolute Gasteiger partial charge is 0.497 e. The van der Waals surface area contributed by atoms with Crippen LogP contribution in [0.4, 0.5) is 0 Å². The summed E-state index contributed by atoms with van der Waals surface area (Å²) in [7, 11) is 3.28. The van der Waals surface area contributed by atoms with Gasteiger partial charge in [0.2, 0.25) is 0 Å². The highest BCUT2D eigenvalue weighted by Gasteiger charge is 2.10. The van der Waals surface area contributed by atoms with Gasteiger partial charge in [0.1, 0.15) is 11.5 Å². The lowest BCUT2D eigenvalue weighted by molar-refractivity contribution is 0.175. The molecule has 2 aromatic rings. The van der Waals surface area contributed by atoms with E-state index in [2.05, 4.69) is 15.9 Å². The Morgan fingerprint density at radius 3 is 2.19 bits per heavy atom. The summed E-state index contributed by atoms with van der Waals surface area (Å²) in [5, 5.41) is 10.3. The van der Waals surface area contributed by atoms with E-state index >= 15 is 0 Å². The molecule has 0 aliphatic heterocycles. The molecule has 1 N–H and O–H groups in total. The van der Waals surface area contributed by atoms with Gasteiger partial charge in [-0.2, -0.15) is 0 Å². The number of hydrogen-bond acceptors (Lipinski definition) is 3. The summed E-state index contributed by atoms with van der Waals surface area (Å²) in [6.07, 6.45) is 0.735. The standard InChI is InChI=1S/C17H19BrO3/c1-20-15-5-3-12(4-6-15)9-14(19)10-13-11-16(21-2)7-8-17(13)18/h3-8,11,14,19H,9-10H2,1-2H3. The van der Waals surface area contributed by atoms with Gasteiger partial charge in [0, 0.05) is 4.47 Å². The Labute approximate surface area is 133 Å². The van der Waals surface area contributed by atoms with E-state index < -0.39 is 6.10 Å². The lowest BCUT2D eigenvalue weighted by Crippen LogP contribution is -2.14. The molecule has 0 aliphatic carbocycles. The van der Waals surface area contributed by atoms with Gasteiger partial charge in [-0.3, -0.25) is 0 Å². The zero-order valence-electron chi connectivity index (χ0n) is 12.2. The van der Waals surface area contributed by atoms with Gasteiger partial charge in [-0.05, 0) is 54.3 Å². The third-order valence-corrected chi connectivity index (χ3v) is 4.11. The molecule has 2 aromatic carbocycles. The molecule has 1 atom stereocenters. The summed E-state index contributed by atoms with van der Waals surface area (Å²) in [6.45, 7) is 0. The zero-order chi connectivity index (χ0) is 15.2. The second-order valence-corrected chi connectivity index (χ2v) is 5.72. The van der Waals surface area contributed by atoms with Crippen LogP contribution >= 0.6 is 15.9 Å². The Morgan fingerprint density at radius 1 is 0.952 bits per heavy atom. The quantitative estimate of drug-likeness (QED) is 0.864. The van der Waals surface area contributed by atoms with E-state index in [1.54, 1.807) is 14.2 Å².